The van der Waals surface area contributed by atoms with Gasteiger partial charge in [-0.3, -0.25) is 0 Å². The molecule has 0 saturated carbocycles. The summed E-state index contributed by atoms with van der Waals surface area (Å²) in [6.07, 6.45) is 0. The number of nitrogens with zero attached hydrogens (tertiary/aromatic N) is 3. The highest BCUT2D eigenvalue weighted by Gasteiger charge is 2.05. The van der Waals surface area contributed by atoms with Gasteiger partial charge in [0.1, 0.15) is 23.4 Å². The molecule has 1 aromatic carbocycles. The molecule has 0 aliphatic heterocycles. The average Bonchev–Trinajstić information content (AvgIpc) is 2.29. The summed E-state index contributed by atoms with van der Waals surface area (Å²) in [6.45, 7) is 0. The van der Waals surface area contributed by atoms with Crippen LogP contribution in [0.3, 0.4) is 0 Å². The first-order valence-electron chi connectivity index (χ1n) is 4.49. The fourth-order valence-electron chi connectivity index (χ4n) is 1.25. The fourth-order valence-corrected chi connectivity index (χ4v) is 1.25. The van der Waals surface area contributed by atoms with Crippen molar-refractivity contribution in [2.24, 2.45) is 0 Å². The lowest BCUT2D eigenvalue weighted by Gasteiger charge is -2.01. The lowest BCUT2D eigenvalue weighted by molar-refractivity contribution is 0.628. The Morgan fingerprint density at radius 3 is 2.50 bits per heavy atom. The van der Waals surface area contributed by atoms with E-state index in [0.29, 0.717) is 11.4 Å². The van der Waals surface area contributed by atoms with E-state index in [2.05, 4.69) is 9.97 Å². The number of anilines is 1. The third-order valence-corrected chi connectivity index (χ3v) is 1.96. The predicted octanol–water partition coefficient (Wildman–Crippen LogP) is 1.74. The minimum atomic E-state index is -0.340. The van der Waals surface area contributed by atoms with Gasteiger partial charge in [0.15, 0.2) is 5.82 Å². The van der Waals surface area contributed by atoms with Gasteiger partial charge in [-0.1, -0.05) is 0 Å². The van der Waals surface area contributed by atoms with Crippen molar-refractivity contribution in [3.05, 3.63) is 41.8 Å². The van der Waals surface area contributed by atoms with Crippen LogP contribution in [0.5, 0.6) is 0 Å². The van der Waals surface area contributed by atoms with Crippen molar-refractivity contribution in [1.29, 1.82) is 5.26 Å². The molecule has 5 heteroatoms. The molecule has 0 unspecified atom stereocenters. The lowest BCUT2D eigenvalue weighted by atomic mass is 10.2. The van der Waals surface area contributed by atoms with Crippen molar-refractivity contribution < 1.29 is 4.39 Å². The van der Waals surface area contributed by atoms with Gasteiger partial charge in [-0.05, 0) is 24.3 Å². The van der Waals surface area contributed by atoms with Crippen molar-refractivity contribution >= 4 is 5.82 Å². The van der Waals surface area contributed by atoms with Crippen LogP contribution >= 0.6 is 0 Å². The number of nitrogens with two attached hydrogens (primary N) is 1. The van der Waals surface area contributed by atoms with Gasteiger partial charge >= 0.3 is 0 Å². The number of rotatable bonds is 1. The van der Waals surface area contributed by atoms with E-state index < -0.39 is 0 Å². The summed E-state index contributed by atoms with van der Waals surface area (Å²) in [7, 11) is 0. The van der Waals surface area contributed by atoms with Crippen LogP contribution in [0.1, 0.15) is 5.69 Å². The van der Waals surface area contributed by atoms with Crippen LogP contribution < -0.4 is 5.73 Å². The third kappa shape index (κ3) is 1.96. The molecule has 0 aliphatic carbocycles. The molecule has 1 heterocycles. The van der Waals surface area contributed by atoms with Gasteiger partial charge in [0, 0.05) is 11.6 Å². The highest BCUT2D eigenvalue weighted by Crippen LogP contribution is 2.16. The Bertz CT molecular complexity index is 557. The molecule has 1 aromatic heterocycles. The topological polar surface area (TPSA) is 75.6 Å². The second-order valence-electron chi connectivity index (χ2n) is 3.12. The second kappa shape index (κ2) is 3.95. The predicted molar refractivity (Wildman–Crippen MR) is 56.6 cm³/mol. The zero-order chi connectivity index (χ0) is 11.5. The number of nitriles is 1. The van der Waals surface area contributed by atoms with Crippen LogP contribution in [0.25, 0.3) is 11.4 Å². The standard InChI is InChI=1S/C11H7FN4/c12-8-3-1-7(2-4-8)11-15-9(6-13)5-10(14)16-11/h1-5H,(H2,14,15,16). The highest BCUT2D eigenvalue weighted by atomic mass is 19.1. The zero-order valence-corrected chi connectivity index (χ0v) is 8.18. The molecule has 0 saturated heterocycles. The Morgan fingerprint density at radius 2 is 1.88 bits per heavy atom. The minimum Gasteiger partial charge on any atom is -0.384 e. The van der Waals surface area contributed by atoms with Crippen molar-refractivity contribution in [1.82, 2.24) is 9.97 Å². The average molecular weight is 214 g/mol. The number of benzene rings is 1. The van der Waals surface area contributed by atoms with Crippen LogP contribution in [-0.2, 0) is 0 Å². The van der Waals surface area contributed by atoms with Crippen LogP contribution in [0, 0.1) is 17.1 Å². The van der Waals surface area contributed by atoms with Crippen molar-refractivity contribution in [3.63, 3.8) is 0 Å². The van der Waals surface area contributed by atoms with E-state index in [1.165, 1.54) is 30.3 Å². The van der Waals surface area contributed by atoms with E-state index in [1.807, 2.05) is 6.07 Å². The van der Waals surface area contributed by atoms with Crippen molar-refractivity contribution in [2.45, 2.75) is 0 Å². The molecule has 16 heavy (non-hydrogen) atoms. The normalized spacial score (nSPS) is 9.75. The quantitative estimate of drug-likeness (QED) is 0.784. The summed E-state index contributed by atoms with van der Waals surface area (Å²) in [6, 6.07) is 8.93. The molecule has 0 spiro atoms. The molecule has 0 bridgehead atoms. The first-order chi connectivity index (χ1) is 7.69. The molecular formula is C11H7FN4. The number of nitrogen functional groups attached to an aromatic ring is 1. The van der Waals surface area contributed by atoms with Gasteiger partial charge < -0.3 is 5.73 Å². The maximum absolute atomic E-state index is 12.7. The van der Waals surface area contributed by atoms with Crippen LogP contribution in [0.4, 0.5) is 10.2 Å². The number of hydrogen-bond acceptors (Lipinski definition) is 4. The van der Waals surface area contributed by atoms with E-state index in [1.54, 1.807) is 0 Å². The van der Waals surface area contributed by atoms with Gasteiger partial charge in [-0.2, -0.15) is 5.26 Å². The summed E-state index contributed by atoms with van der Waals surface area (Å²) in [4.78, 5) is 7.95. The van der Waals surface area contributed by atoms with Gasteiger partial charge in [0.05, 0.1) is 0 Å². The van der Waals surface area contributed by atoms with E-state index in [4.69, 9.17) is 11.0 Å². The highest BCUT2D eigenvalue weighted by molar-refractivity contribution is 5.57. The van der Waals surface area contributed by atoms with E-state index >= 15 is 0 Å². The van der Waals surface area contributed by atoms with Crippen molar-refractivity contribution in [3.8, 4) is 17.5 Å². The number of halogens is 1. The molecule has 0 fully saturated rings. The van der Waals surface area contributed by atoms with Crippen LogP contribution in [0.2, 0.25) is 0 Å². The Morgan fingerprint density at radius 1 is 1.19 bits per heavy atom. The SMILES string of the molecule is N#Cc1cc(N)nc(-c2ccc(F)cc2)n1. The van der Waals surface area contributed by atoms with E-state index in [0.717, 1.165) is 0 Å². The first-order valence-corrected chi connectivity index (χ1v) is 4.49. The van der Waals surface area contributed by atoms with E-state index in [-0.39, 0.29) is 17.3 Å². The Labute approximate surface area is 91.2 Å². The molecule has 2 aromatic rings. The van der Waals surface area contributed by atoms with Crippen LogP contribution in [-0.4, -0.2) is 9.97 Å². The number of hydrogen-bond donors (Lipinski definition) is 1. The molecule has 78 valence electrons. The lowest BCUT2D eigenvalue weighted by Crippen LogP contribution is -1.98. The molecule has 0 aliphatic rings. The summed E-state index contributed by atoms with van der Waals surface area (Å²) in [5, 5.41) is 8.72. The molecule has 0 amide bonds. The largest absolute Gasteiger partial charge is 0.384 e. The molecule has 2 rings (SSSR count). The summed E-state index contributed by atoms with van der Waals surface area (Å²) >= 11 is 0. The molecule has 0 radical (unpaired) electrons. The molecular weight excluding hydrogens is 207 g/mol. The molecule has 4 nitrogen and oxygen atoms in total. The summed E-state index contributed by atoms with van der Waals surface area (Å²) in [5.41, 5.74) is 6.33. The zero-order valence-electron chi connectivity index (χ0n) is 8.18. The Hall–Kier alpha value is -2.48. The maximum atomic E-state index is 12.7. The van der Waals surface area contributed by atoms with E-state index in [9.17, 15) is 4.39 Å². The Balaban J connectivity index is 2.52. The molecule has 2 N–H and O–H groups in total. The smallest absolute Gasteiger partial charge is 0.162 e. The summed E-state index contributed by atoms with van der Waals surface area (Å²) in [5.74, 6) is 0.190. The summed E-state index contributed by atoms with van der Waals surface area (Å²) < 4.78 is 12.7. The van der Waals surface area contributed by atoms with Crippen LogP contribution in [0.15, 0.2) is 30.3 Å². The Kier molecular flexibility index (Phi) is 2.48. The maximum Gasteiger partial charge on any atom is 0.162 e. The third-order valence-electron chi connectivity index (χ3n) is 1.96. The van der Waals surface area contributed by atoms with Gasteiger partial charge in [-0.15, -0.1) is 0 Å². The minimum absolute atomic E-state index is 0.187. The second-order valence-corrected chi connectivity index (χ2v) is 3.12. The molecule has 0 atom stereocenters. The van der Waals surface area contributed by atoms with Gasteiger partial charge in [-0.25, -0.2) is 14.4 Å². The van der Waals surface area contributed by atoms with Gasteiger partial charge in [0.2, 0.25) is 0 Å². The fraction of sp³-hybridized carbons (Fsp3) is 0. The number of aromatic nitrogens is 2. The van der Waals surface area contributed by atoms with Crippen molar-refractivity contribution in [2.75, 3.05) is 5.73 Å². The monoisotopic (exact) mass is 214 g/mol. The van der Waals surface area contributed by atoms with Gasteiger partial charge in [0.25, 0.3) is 0 Å². The first kappa shape index (κ1) is 10.1.